The Labute approximate surface area is 222 Å². The Morgan fingerprint density at radius 1 is 1.05 bits per heavy atom. The smallest absolute Gasteiger partial charge is 0.243 e. The molecule has 2 aromatic carbocycles. The molecule has 0 atom stereocenters. The summed E-state index contributed by atoms with van der Waals surface area (Å²) in [5.41, 5.74) is 4.25. The maximum atomic E-state index is 13.7. The summed E-state index contributed by atoms with van der Waals surface area (Å²) in [6, 6.07) is 14.9. The normalized spacial score (nSPS) is 15.0. The lowest BCUT2D eigenvalue weighted by Crippen LogP contribution is -2.43. The Morgan fingerprint density at radius 3 is 2.49 bits per heavy atom. The van der Waals surface area contributed by atoms with Crippen molar-refractivity contribution in [2.45, 2.75) is 18.2 Å². The Morgan fingerprint density at radius 2 is 1.78 bits per heavy atom. The van der Waals surface area contributed by atoms with E-state index in [2.05, 4.69) is 45.9 Å². The van der Waals surface area contributed by atoms with E-state index in [-0.39, 0.29) is 4.90 Å². The largest absolute Gasteiger partial charge is 0.497 e. The third-order valence-electron chi connectivity index (χ3n) is 6.71. The molecule has 1 fully saturated rings. The van der Waals surface area contributed by atoms with Crippen LogP contribution in [-0.4, -0.2) is 80.1 Å². The van der Waals surface area contributed by atoms with Crippen molar-refractivity contribution in [2.75, 3.05) is 53.0 Å². The Bertz CT molecular complexity index is 1420. The summed E-state index contributed by atoms with van der Waals surface area (Å²) in [7, 11) is -2.11. The van der Waals surface area contributed by atoms with E-state index < -0.39 is 10.0 Å². The number of imidazole rings is 1. The minimum Gasteiger partial charge on any atom is -0.497 e. The molecule has 0 saturated carbocycles. The van der Waals surface area contributed by atoms with Crippen molar-refractivity contribution in [2.24, 2.45) is 0 Å². The standard InChI is InChI=1S/C27H32N4O4S2/c1-21-3-5-22(6-4-21)26-19-31-23(20-36-27(31)28-26)11-12-30(14-13-29-15-17-35-18-16-29)37(32,33)25-9-7-24(34-2)8-10-25/h3-10,19-20H,11-18H2,1-2H3. The van der Waals surface area contributed by atoms with Crippen LogP contribution in [0.15, 0.2) is 65.0 Å². The van der Waals surface area contributed by atoms with Gasteiger partial charge in [-0.25, -0.2) is 13.4 Å². The quantitative estimate of drug-likeness (QED) is 0.303. The highest BCUT2D eigenvalue weighted by molar-refractivity contribution is 7.89. The van der Waals surface area contributed by atoms with Crippen molar-refractivity contribution < 1.29 is 17.9 Å². The number of hydrogen-bond donors (Lipinski definition) is 0. The number of hydrogen-bond acceptors (Lipinski definition) is 7. The molecule has 0 unspecified atom stereocenters. The molecule has 5 rings (SSSR count). The predicted octanol–water partition coefficient (Wildman–Crippen LogP) is 3.95. The first kappa shape index (κ1) is 25.9. The Kier molecular flexibility index (Phi) is 7.92. The van der Waals surface area contributed by atoms with Crippen LogP contribution in [-0.2, 0) is 21.2 Å². The van der Waals surface area contributed by atoms with Crippen molar-refractivity contribution in [1.29, 1.82) is 0 Å². The van der Waals surface area contributed by atoms with E-state index in [1.807, 2.05) is 6.20 Å². The molecule has 4 aromatic rings. The Balaban J connectivity index is 1.36. The molecule has 1 aliphatic heterocycles. The molecule has 37 heavy (non-hydrogen) atoms. The van der Waals surface area contributed by atoms with Crippen LogP contribution in [0.25, 0.3) is 16.2 Å². The molecule has 2 aromatic heterocycles. The van der Waals surface area contributed by atoms with E-state index >= 15 is 0 Å². The number of aromatic nitrogens is 2. The maximum absolute atomic E-state index is 13.7. The molecule has 0 bridgehead atoms. The average Bonchev–Trinajstić information content (AvgIpc) is 3.51. The number of methoxy groups -OCH3 is 1. The molecule has 1 aliphatic rings. The summed E-state index contributed by atoms with van der Waals surface area (Å²) in [5, 5.41) is 2.07. The van der Waals surface area contributed by atoms with Gasteiger partial charge < -0.3 is 9.47 Å². The molecule has 0 radical (unpaired) electrons. The lowest BCUT2D eigenvalue weighted by Gasteiger charge is -2.29. The number of fused-ring (bicyclic) bond motifs is 1. The van der Waals surface area contributed by atoms with Gasteiger partial charge >= 0.3 is 0 Å². The summed E-state index contributed by atoms with van der Waals surface area (Å²) in [6.07, 6.45) is 2.63. The molecule has 3 heterocycles. The number of morpholine rings is 1. The second kappa shape index (κ2) is 11.3. The van der Waals surface area contributed by atoms with Gasteiger partial charge in [0.15, 0.2) is 4.96 Å². The summed E-state index contributed by atoms with van der Waals surface area (Å²) in [5.74, 6) is 0.629. The van der Waals surface area contributed by atoms with E-state index in [4.69, 9.17) is 14.5 Å². The van der Waals surface area contributed by atoms with Crippen molar-refractivity contribution in [3.05, 3.63) is 71.4 Å². The first-order chi connectivity index (χ1) is 17.9. The van der Waals surface area contributed by atoms with E-state index in [0.717, 1.165) is 35.0 Å². The van der Waals surface area contributed by atoms with Crippen LogP contribution < -0.4 is 4.74 Å². The highest BCUT2D eigenvalue weighted by Gasteiger charge is 2.26. The third-order valence-corrected chi connectivity index (χ3v) is 9.52. The highest BCUT2D eigenvalue weighted by atomic mass is 32.2. The van der Waals surface area contributed by atoms with Crippen LogP contribution in [0, 0.1) is 6.92 Å². The molecule has 196 valence electrons. The van der Waals surface area contributed by atoms with Gasteiger partial charge in [-0.2, -0.15) is 4.31 Å². The van der Waals surface area contributed by atoms with E-state index in [1.165, 1.54) is 5.56 Å². The zero-order valence-electron chi connectivity index (χ0n) is 21.2. The lowest BCUT2D eigenvalue weighted by atomic mass is 10.1. The number of benzene rings is 2. The summed E-state index contributed by atoms with van der Waals surface area (Å²) in [4.78, 5) is 8.23. The number of aryl methyl sites for hydroxylation is 1. The van der Waals surface area contributed by atoms with Crippen molar-refractivity contribution in [3.8, 4) is 17.0 Å². The van der Waals surface area contributed by atoms with Gasteiger partial charge in [0, 0.05) is 62.0 Å². The number of nitrogens with zero attached hydrogens (tertiary/aromatic N) is 4. The number of sulfonamides is 1. The summed E-state index contributed by atoms with van der Waals surface area (Å²) < 4.78 is 41.7. The minimum absolute atomic E-state index is 0.273. The first-order valence-electron chi connectivity index (χ1n) is 12.4. The monoisotopic (exact) mass is 540 g/mol. The SMILES string of the molecule is COc1ccc(S(=O)(=O)N(CCc2csc3nc(-c4ccc(C)cc4)cn23)CCN2CCOCC2)cc1. The first-order valence-corrected chi connectivity index (χ1v) is 14.7. The van der Waals surface area contributed by atoms with Crippen molar-refractivity contribution in [3.63, 3.8) is 0 Å². The molecule has 8 nitrogen and oxygen atoms in total. The molecule has 1 saturated heterocycles. The number of rotatable bonds is 10. The fourth-order valence-corrected chi connectivity index (χ4v) is 6.78. The van der Waals surface area contributed by atoms with E-state index in [0.29, 0.717) is 45.0 Å². The van der Waals surface area contributed by atoms with Gasteiger partial charge in [0.25, 0.3) is 0 Å². The second-order valence-corrected chi connectivity index (χ2v) is 11.9. The molecule has 0 aliphatic carbocycles. The molecule has 10 heteroatoms. The maximum Gasteiger partial charge on any atom is 0.243 e. The zero-order valence-corrected chi connectivity index (χ0v) is 22.8. The van der Waals surface area contributed by atoms with Crippen LogP contribution in [0.5, 0.6) is 5.75 Å². The fraction of sp³-hybridized carbons (Fsp3) is 0.370. The highest BCUT2D eigenvalue weighted by Crippen LogP contribution is 2.25. The second-order valence-electron chi connectivity index (χ2n) is 9.16. The molecule has 0 spiro atoms. The summed E-state index contributed by atoms with van der Waals surface area (Å²) >= 11 is 1.58. The van der Waals surface area contributed by atoms with E-state index in [9.17, 15) is 8.42 Å². The van der Waals surface area contributed by atoms with Gasteiger partial charge in [0.2, 0.25) is 10.0 Å². The van der Waals surface area contributed by atoms with Gasteiger partial charge in [-0.05, 0) is 31.2 Å². The minimum atomic E-state index is -3.68. The van der Waals surface area contributed by atoms with E-state index in [1.54, 1.807) is 47.0 Å². The molecular weight excluding hydrogens is 508 g/mol. The van der Waals surface area contributed by atoms with Gasteiger partial charge in [-0.3, -0.25) is 9.30 Å². The van der Waals surface area contributed by atoms with Gasteiger partial charge in [0.1, 0.15) is 5.75 Å². The van der Waals surface area contributed by atoms with Crippen LogP contribution in [0.4, 0.5) is 0 Å². The van der Waals surface area contributed by atoms with Crippen LogP contribution in [0.1, 0.15) is 11.3 Å². The van der Waals surface area contributed by atoms with Crippen LogP contribution >= 0.6 is 11.3 Å². The van der Waals surface area contributed by atoms with Crippen LogP contribution in [0.2, 0.25) is 0 Å². The third kappa shape index (κ3) is 5.89. The molecule has 0 amide bonds. The lowest BCUT2D eigenvalue weighted by molar-refractivity contribution is 0.0363. The average molecular weight is 541 g/mol. The fourth-order valence-electron chi connectivity index (χ4n) is 4.44. The zero-order chi connectivity index (χ0) is 25.8. The van der Waals surface area contributed by atoms with Crippen molar-refractivity contribution >= 4 is 26.3 Å². The number of ether oxygens (including phenoxy) is 2. The van der Waals surface area contributed by atoms with Crippen LogP contribution in [0.3, 0.4) is 0 Å². The van der Waals surface area contributed by atoms with Gasteiger partial charge in [-0.15, -0.1) is 11.3 Å². The van der Waals surface area contributed by atoms with Gasteiger partial charge in [-0.1, -0.05) is 29.8 Å². The topological polar surface area (TPSA) is 76.4 Å². The molecule has 0 N–H and O–H groups in total. The molecular formula is C27H32N4O4S2. The Hall–Kier alpha value is -2.76. The number of thiazole rings is 1. The predicted molar refractivity (Wildman–Crippen MR) is 146 cm³/mol. The van der Waals surface area contributed by atoms with Gasteiger partial charge in [0.05, 0.1) is 30.9 Å². The summed E-state index contributed by atoms with van der Waals surface area (Å²) in [6.45, 7) is 6.53. The van der Waals surface area contributed by atoms with Crippen molar-refractivity contribution in [1.82, 2.24) is 18.6 Å².